The lowest BCUT2D eigenvalue weighted by Crippen LogP contribution is -1.97. The van der Waals surface area contributed by atoms with E-state index in [2.05, 4.69) is 20.3 Å². The van der Waals surface area contributed by atoms with Crippen LogP contribution in [0.2, 0.25) is 0 Å². The van der Waals surface area contributed by atoms with Gasteiger partial charge in [-0.1, -0.05) is 30.0 Å². The standard InChI is InChI=1S/C17H12FN5S/c18-14-5-1-4-13(9-14)17-21-20-15-6-7-16(22-23(15)17)24-11-12-3-2-8-19-10-12/h1-10H,11H2. The van der Waals surface area contributed by atoms with Crippen LogP contribution in [0.5, 0.6) is 0 Å². The molecule has 3 heterocycles. The highest BCUT2D eigenvalue weighted by atomic mass is 32.2. The first-order valence-electron chi connectivity index (χ1n) is 7.30. The van der Waals surface area contributed by atoms with Crippen LogP contribution in [0.15, 0.2) is 66.0 Å². The van der Waals surface area contributed by atoms with E-state index < -0.39 is 0 Å². The molecule has 0 spiro atoms. The summed E-state index contributed by atoms with van der Waals surface area (Å²) in [5, 5.41) is 13.6. The molecule has 0 saturated heterocycles. The van der Waals surface area contributed by atoms with E-state index in [1.165, 1.54) is 12.1 Å². The normalized spacial score (nSPS) is 11.0. The van der Waals surface area contributed by atoms with Crippen molar-refractivity contribution < 1.29 is 4.39 Å². The van der Waals surface area contributed by atoms with Gasteiger partial charge in [-0.15, -0.1) is 10.2 Å². The molecular weight excluding hydrogens is 325 g/mol. The predicted octanol–water partition coefficient (Wildman–Crippen LogP) is 3.62. The highest BCUT2D eigenvalue weighted by Gasteiger charge is 2.11. The average molecular weight is 337 g/mol. The Labute approximate surface area is 141 Å². The zero-order chi connectivity index (χ0) is 16.4. The van der Waals surface area contributed by atoms with Gasteiger partial charge in [0.25, 0.3) is 0 Å². The quantitative estimate of drug-likeness (QED) is 0.532. The molecule has 0 radical (unpaired) electrons. The highest BCUT2D eigenvalue weighted by Crippen LogP contribution is 2.23. The van der Waals surface area contributed by atoms with Crippen LogP contribution in [-0.4, -0.2) is 24.8 Å². The molecule has 0 saturated carbocycles. The molecule has 4 rings (SSSR count). The fourth-order valence-electron chi connectivity index (χ4n) is 2.30. The molecule has 0 bridgehead atoms. The molecular formula is C17H12FN5S. The number of fused-ring (bicyclic) bond motifs is 1. The Hall–Kier alpha value is -2.80. The van der Waals surface area contributed by atoms with Gasteiger partial charge in [0.2, 0.25) is 0 Å². The van der Waals surface area contributed by atoms with E-state index in [1.807, 2.05) is 30.5 Å². The van der Waals surface area contributed by atoms with Crippen LogP contribution in [0.3, 0.4) is 0 Å². The summed E-state index contributed by atoms with van der Waals surface area (Å²) in [6.07, 6.45) is 3.59. The van der Waals surface area contributed by atoms with E-state index in [9.17, 15) is 4.39 Å². The summed E-state index contributed by atoms with van der Waals surface area (Å²) in [5.41, 5.74) is 2.39. The van der Waals surface area contributed by atoms with E-state index in [0.717, 1.165) is 16.3 Å². The van der Waals surface area contributed by atoms with E-state index in [0.29, 0.717) is 17.0 Å². The van der Waals surface area contributed by atoms with Crippen LogP contribution in [0.4, 0.5) is 4.39 Å². The first-order valence-corrected chi connectivity index (χ1v) is 8.28. The lowest BCUT2D eigenvalue weighted by Gasteiger charge is -2.03. The van der Waals surface area contributed by atoms with Crippen LogP contribution >= 0.6 is 11.8 Å². The van der Waals surface area contributed by atoms with Gasteiger partial charge in [0, 0.05) is 23.7 Å². The van der Waals surface area contributed by atoms with Crippen LogP contribution in [-0.2, 0) is 5.75 Å². The molecule has 0 N–H and O–H groups in total. The predicted molar refractivity (Wildman–Crippen MR) is 90.0 cm³/mol. The molecule has 0 fully saturated rings. The molecule has 0 aliphatic carbocycles. The number of rotatable bonds is 4. The van der Waals surface area contributed by atoms with Gasteiger partial charge >= 0.3 is 0 Å². The van der Waals surface area contributed by atoms with Crippen molar-refractivity contribution in [2.75, 3.05) is 0 Å². The summed E-state index contributed by atoms with van der Waals surface area (Å²) < 4.78 is 15.1. The van der Waals surface area contributed by atoms with Gasteiger partial charge in [0.05, 0.1) is 0 Å². The van der Waals surface area contributed by atoms with Crippen molar-refractivity contribution in [3.8, 4) is 11.4 Å². The summed E-state index contributed by atoms with van der Waals surface area (Å²) in [6, 6.07) is 13.9. The number of hydrogen-bond acceptors (Lipinski definition) is 5. The third kappa shape index (κ3) is 2.98. The fourth-order valence-corrected chi connectivity index (χ4v) is 3.09. The Bertz CT molecular complexity index is 987. The lowest BCUT2D eigenvalue weighted by molar-refractivity contribution is 0.628. The first kappa shape index (κ1) is 14.8. The molecule has 7 heteroatoms. The molecule has 0 aliphatic rings. The SMILES string of the molecule is Fc1cccc(-c2nnc3ccc(SCc4cccnc4)nn23)c1. The monoisotopic (exact) mass is 337 g/mol. The molecule has 0 unspecified atom stereocenters. The molecule has 118 valence electrons. The lowest BCUT2D eigenvalue weighted by atomic mass is 10.2. The maximum Gasteiger partial charge on any atom is 0.185 e. The van der Waals surface area contributed by atoms with Crippen LogP contribution in [0.25, 0.3) is 17.0 Å². The van der Waals surface area contributed by atoms with Crippen molar-refractivity contribution in [2.24, 2.45) is 0 Å². The molecule has 4 aromatic rings. The number of pyridine rings is 1. The van der Waals surface area contributed by atoms with Gasteiger partial charge in [-0.05, 0) is 35.9 Å². The van der Waals surface area contributed by atoms with Crippen molar-refractivity contribution in [3.63, 3.8) is 0 Å². The highest BCUT2D eigenvalue weighted by molar-refractivity contribution is 7.98. The topological polar surface area (TPSA) is 56.0 Å². The van der Waals surface area contributed by atoms with Gasteiger partial charge in [-0.3, -0.25) is 4.98 Å². The Morgan fingerprint density at radius 2 is 2.00 bits per heavy atom. The number of halogens is 1. The van der Waals surface area contributed by atoms with Gasteiger partial charge in [-0.25, -0.2) is 4.39 Å². The van der Waals surface area contributed by atoms with E-state index >= 15 is 0 Å². The third-order valence-corrected chi connectivity index (χ3v) is 4.42. The molecule has 0 atom stereocenters. The van der Waals surface area contributed by atoms with E-state index in [-0.39, 0.29) is 5.82 Å². The van der Waals surface area contributed by atoms with Gasteiger partial charge < -0.3 is 0 Å². The second kappa shape index (κ2) is 6.37. The maximum atomic E-state index is 13.5. The van der Waals surface area contributed by atoms with Gasteiger partial charge in [-0.2, -0.15) is 9.61 Å². The molecule has 0 aliphatic heterocycles. The van der Waals surface area contributed by atoms with Crippen molar-refractivity contribution in [2.45, 2.75) is 10.8 Å². The van der Waals surface area contributed by atoms with Gasteiger partial charge in [0.1, 0.15) is 10.8 Å². The fraction of sp³-hybridized carbons (Fsp3) is 0.0588. The Kier molecular flexibility index (Phi) is 3.92. The average Bonchev–Trinajstić information content (AvgIpc) is 3.04. The third-order valence-electron chi connectivity index (χ3n) is 3.43. The number of thioether (sulfide) groups is 1. The molecule has 0 amide bonds. The van der Waals surface area contributed by atoms with E-state index in [1.54, 1.807) is 34.6 Å². The maximum absolute atomic E-state index is 13.5. The molecule has 24 heavy (non-hydrogen) atoms. The van der Waals surface area contributed by atoms with Crippen LogP contribution in [0, 0.1) is 5.82 Å². The summed E-state index contributed by atoms with van der Waals surface area (Å²) in [7, 11) is 0. The summed E-state index contributed by atoms with van der Waals surface area (Å²) in [5.74, 6) is 0.976. The van der Waals surface area contributed by atoms with Crippen molar-refractivity contribution in [1.29, 1.82) is 0 Å². The van der Waals surface area contributed by atoms with Gasteiger partial charge in [0.15, 0.2) is 11.5 Å². The number of nitrogens with zero attached hydrogens (tertiary/aromatic N) is 5. The smallest absolute Gasteiger partial charge is 0.185 e. The van der Waals surface area contributed by atoms with Crippen LogP contribution < -0.4 is 0 Å². The summed E-state index contributed by atoms with van der Waals surface area (Å²) >= 11 is 1.60. The summed E-state index contributed by atoms with van der Waals surface area (Å²) in [4.78, 5) is 4.11. The second-order valence-electron chi connectivity index (χ2n) is 5.13. The zero-order valence-corrected chi connectivity index (χ0v) is 13.3. The second-order valence-corrected chi connectivity index (χ2v) is 6.12. The number of hydrogen-bond donors (Lipinski definition) is 0. The number of benzene rings is 1. The zero-order valence-electron chi connectivity index (χ0n) is 12.5. The minimum Gasteiger partial charge on any atom is -0.264 e. The van der Waals surface area contributed by atoms with Crippen molar-refractivity contribution in [3.05, 3.63) is 72.3 Å². The van der Waals surface area contributed by atoms with Crippen LogP contribution in [0.1, 0.15) is 5.56 Å². The largest absolute Gasteiger partial charge is 0.264 e. The molecule has 5 nitrogen and oxygen atoms in total. The Balaban J connectivity index is 1.66. The first-order chi connectivity index (χ1) is 11.8. The van der Waals surface area contributed by atoms with E-state index in [4.69, 9.17) is 0 Å². The summed E-state index contributed by atoms with van der Waals surface area (Å²) in [6.45, 7) is 0. The number of aromatic nitrogens is 5. The minimum absolute atomic E-state index is 0.314. The molecule has 1 aromatic carbocycles. The Morgan fingerprint density at radius 3 is 2.83 bits per heavy atom. The van der Waals surface area contributed by atoms with Crippen molar-refractivity contribution in [1.82, 2.24) is 24.8 Å². The van der Waals surface area contributed by atoms with Crippen molar-refractivity contribution >= 4 is 17.4 Å². The Morgan fingerprint density at radius 1 is 1.04 bits per heavy atom. The minimum atomic E-state index is -0.314. The molecule has 3 aromatic heterocycles.